The van der Waals surface area contributed by atoms with Crippen molar-refractivity contribution in [3.8, 4) is 0 Å². The molecule has 4 rings (SSSR count). The van der Waals surface area contributed by atoms with E-state index < -0.39 is 17.7 Å². The zero-order valence-electron chi connectivity index (χ0n) is 15.5. The van der Waals surface area contributed by atoms with Crippen molar-refractivity contribution in [2.75, 3.05) is 0 Å². The fourth-order valence-corrected chi connectivity index (χ4v) is 4.01. The second kappa shape index (κ2) is 8.20. The molecule has 0 saturated heterocycles. The zero-order chi connectivity index (χ0) is 22.2. The van der Waals surface area contributed by atoms with Gasteiger partial charge in [-0.25, -0.2) is 19.7 Å². The molecular weight excluding hydrogens is 453 g/mol. The minimum Gasteiger partial charge on any atom is -0.477 e. The van der Waals surface area contributed by atoms with Crippen LogP contribution in [0.4, 0.5) is 13.2 Å². The number of alkyl halides is 3. The van der Waals surface area contributed by atoms with Gasteiger partial charge in [0.2, 0.25) is 0 Å². The number of nitrogens with zero attached hydrogens (tertiary/aromatic N) is 4. The van der Waals surface area contributed by atoms with E-state index in [9.17, 15) is 23.1 Å². The maximum Gasteiger partial charge on any atom is 0.417 e. The molecule has 0 saturated carbocycles. The smallest absolute Gasteiger partial charge is 0.417 e. The molecule has 1 N–H and O–H groups in total. The zero-order valence-corrected chi connectivity index (χ0v) is 17.0. The van der Waals surface area contributed by atoms with Crippen LogP contribution >= 0.6 is 23.4 Å². The van der Waals surface area contributed by atoms with Crippen molar-refractivity contribution in [3.05, 3.63) is 76.7 Å². The van der Waals surface area contributed by atoms with Crippen molar-refractivity contribution in [2.45, 2.75) is 22.9 Å². The molecule has 6 nitrogen and oxygen atoms in total. The third-order valence-corrected chi connectivity index (χ3v) is 5.70. The van der Waals surface area contributed by atoms with Crippen LogP contribution in [0, 0.1) is 0 Å². The van der Waals surface area contributed by atoms with Crippen LogP contribution in [0.2, 0.25) is 5.02 Å². The maximum absolute atomic E-state index is 12.9. The molecule has 0 unspecified atom stereocenters. The lowest BCUT2D eigenvalue weighted by Gasteiger charge is -2.11. The maximum atomic E-state index is 12.9. The first kappa shape index (κ1) is 21.1. The number of carboxylic acids is 1. The second-order valence-electron chi connectivity index (χ2n) is 6.40. The van der Waals surface area contributed by atoms with Crippen LogP contribution in [-0.2, 0) is 12.7 Å². The van der Waals surface area contributed by atoms with Gasteiger partial charge in [-0.1, -0.05) is 29.8 Å². The van der Waals surface area contributed by atoms with E-state index in [0.717, 1.165) is 29.5 Å². The van der Waals surface area contributed by atoms with E-state index in [-0.39, 0.29) is 22.3 Å². The van der Waals surface area contributed by atoms with Crippen LogP contribution in [-0.4, -0.2) is 30.6 Å². The molecule has 1 aromatic carbocycles. The number of aromatic nitrogens is 4. The fourth-order valence-electron chi connectivity index (χ4n) is 2.87. The van der Waals surface area contributed by atoms with Crippen molar-refractivity contribution < 1.29 is 23.1 Å². The third kappa shape index (κ3) is 4.49. The SMILES string of the molecule is O=C(O)c1cccc(Cn2c(Sc3ncc(C(F)(F)F)cc3Cl)nc3ccccc32)n1. The Balaban J connectivity index is 1.74. The monoisotopic (exact) mass is 464 g/mol. The summed E-state index contributed by atoms with van der Waals surface area (Å²) in [6.45, 7) is 0.197. The molecule has 0 radical (unpaired) electrons. The lowest BCUT2D eigenvalue weighted by Crippen LogP contribution is -2.08. The number of hydrogen-bond donors (Lipinski definition) is 1. The highest BCUT2D eigenvalue weighted by Gasteiger charge is 2.31. The molecule has 0 aliphatic rings. The van der Waals surface area contributed by atoms with Crippen LogP contribution in [0.5, 0.6) is 0 Å². The van der Waals surface area contributed by atoms with Crippen LogP contribution in [0.3, 0.4) is 0 Å². The predicted octanol–water partition coefficient (Wildman–Crippen LogP) is 5.40. The van der Waals surface area contributed by atoms with E-state index in [0.29, 0.717) is 16.4 Å². The highest BCUT2D eigenvalue weighted by Crippen LogP contribution is 2.37. The number of benzene rings is 1. The number of carbonyl (C=O) groups is 1. The van der Waals surface area contributed by atoms with Gasteiger partial charge in [0.1, 0.15) is 10.7 Å². The van der Waals surface area contributed by atoms with E-state index in [4.69, 9.17) is 11.6 Å². The molecule has 0 aliphatic carbocycles. The van der Waals surface area contributed by atoms with Crippen molar-refractivity contribution in [2.24, 2.45) is 0 Å². The molecule has 0 spiro atoms. The standard InChI is InChI=1S/C20H12ClF3N4O2S/c21-13-8-11(20(22,23)24)9-25-17(13)31-19-27-14-5-1-2-7-16(14)28(19)10-12-4-3-6-15(26-12)18(29)30/h1-9H,10H2,(H,29,30). The van der Waals surface area contributed by atoms with E-state index in [1.165, 1.54) is 6.07 Å². The topological polar surface area (TPSA) is 80.9 Å². The average molecular weight is 465 g/mol. The van der Waals surface area contributed by atoms with Gasteiger partial charge in [0.05, 0.1) is 33.9 Å². The summed E-state index contributed by atoms with van der Waals surface area (Å²) < 4.78 is 40.5. The molecule has 0 bridgehead atoms. The number of fused-ring (bicyclic) bond motifs is 1. The highest BCUT2D eigenvalue weighted by atomic mass is 35.5. The number of imidazole rings is 1. The predicted molar refractivity (Wildman–Crippen MR) is 108 cm³/mol. The minimum atomic E-state index is -4.55. The van der Waals surface area contributed by atoms with E-state index >= 15 is 0 Å². The fraction of sp³-hybridized carbons (Fsp3) is 0.100. The number of carboxylic acid groups (broad SMARTS) is 1. The molecule has 31 heavy (non-hydrogen) atoms. The molecule has 11 heteroatoms. The second-order valence-corrected chi connectivity index (χ2v) is 7.76. The van der Waals surface area contributed by atoms with Crippen molar-refractivity contribution in [1.29, 1.82) is 0 Å². The van der Waals surface area contributed by atoms with Crippen molar-refractivity contribution >= 4 is 40.4 Å². The van der Waals surface area contributed by atoms with Crippen LogP contribution in [0.15, 0.2) is 64.9 Å². The van der Waals surface area contributed by atoms with Crippen molar-refractivity contribution in [3.63, 3.8) is 0 Å². The van der Waals surface area contributed by atoms with Gasteiger partial charge in [0.25, 0.3) is 0 Å². The molecular formula is C20H12ClF3N4O2S. The van der Waals surface area contributed by atoms with Gasteiger partial charge in [-0.3, -0.25) is 0 Å². The summed E-state index contributed by atoms with van der Waals surface area (Å²) in [6, 6.07) is 12.7. The molecule has 4 aromatic rings. The van der Waals surface area contributed by atoms with Gasteiger partial charge >= 0.3 is 12.1 Å². The van der Waals surface area contributed by atoms with Gasteiger partial charge in [-0.15, -0.1) is 0 Å². The summed E-state index contributed by atoms with van der Waals surface area (Å²) in [6.07, 6.45) is -3.83. The van der Waals surface area contributed by atoms with E-state index in [1.807, 2.05) is 12.1 Å². The van der Waals surface area contributed by atoms with Gasteiger partial charge < -0.3 is 9.67 Å². The Labute approximate surface area is 182 Å². The normalized spacial score (nSPS) is 11.7. The van der Waals surface area contributed by atoms with Crippen LogP contribution in [0.1, 0.15) is 21.7 Å². The first-order valence-electron chi connectivity index (χ1n) is 8.77. The van der Waals surface area contributed by atoms with Gasteiger partial charge in [0.15, 0.2) is 5.16 Å². The molecule has 158 valence electrons. The highest BCUT2D eigenvalue weighted by molar-refractivity contribution is 7.99. The van der Waals surface area contributed by atoms with Gasteiger partial charge in [-0.2, -0.15) is 13.2 Å². The molecule has 0 fully saturated rings. The number of pyridine rings is 2. The number of aromatic carboxylic acids is 1. The first-order valence-corrected chi connectivity index (χ1v) is 9.97. The summed E-state index contributed by atoms with van der Waals surface area (Å²) >= 11 is 7.07. The number of hydrogen-bond acceptors (Lipinski definition) is 5. The van der Waals surface area contributed by atoms with Crippen molar-refractivity contribution in [1.82, 2.24) is 19.5 Å². The molecule has 0 amide bonds. The lowest BCUT2D eigenvalue weighted by molar-refractivity contribution is -0.137. The number of halogens is 4. The molecule has 0 atom stereocenters. The Morgan fingerprint density at radius 2 is 1.90 bits per heavy atom. The van der Waals surface area contributed by atoms with E-state index in [2.05, 4.69) is 15.0 Å². The van der Waals surface area contributed by atoms with E-state index in [1.54, 1.807) is 28.8 Å². The largest absolute Gasteiger partial charge is 0.477 e. The third-order valence-electron chi connectivity index (χ3n) is 4.29. The molecule has 3 aromatic heterocycles. The Bertz CT molecular complexity index is 1290. The summed E-state index contributed by atoms with van der Waals surface area (Å²) in [5.41, 5.74) is 0.850. The van der Waals surface area contributed by atoms with Gasteiger partial charge in [-0.05, 0) is 42.1 Å². The van der Waals surface area contributed by atoms with Crippen LogP contribution in [0.25, 0.3) is 11.0 Å². The van der Waals surface area contributed by atoms with Crippen LogP contribution < -0.4 is 0 Å². The average Bonchev–Trinajstić information content (AvgIpc) is 3.06. The quantitative estimate of drug-likeness (QED) is 0.426. The first-order chi connectivity index (χ1) is 14.7. The minimum absolute atomic E-state index is 0.0939. The Hall–Kier alpha value is -3.11. The summed E-state index contributed by atoms with van der Waals surface area (Å²) in [5, 5.41) is 9.62. The number of para-hydroxylation sites is 2. The lowest BCUT2D eigenvalue weighted by atomic mass is 10.3. The van der Waals surface area contributed by atoms with Gasteiger partial charge in [0, 0.05) is 6.20 Å². The molecule has 3 heterocycles. The molecule has 0 aliphatic heterocycles. The summed E-state index contributed by atoms with van der Waals surface area (Å²) in [5.74, 6) is -1.15. The Morgan fingerprint density at radius 3 is 2.61 bits per heavy atom. The number of rotatable bonds is 5. The summed E-state index contributed by atoms with van der Waals surface area (Å²) in [7, 11) is 0. The Kier molecular flexibility index (Phi) is 5.59. The summed E-state index contributed by atoms with van der Waals surface area (Å²) in [4.78, 5) is 23.8. The Morgan fingerprint density at radius 1 is 1.13 bits per heavy atom.